The van der Waals surface area contributed by atoms with Gasteiger partial charge in [0, 0.05) is 37.3 Å². The number of nitrogens with two attached hydrogens (primary N) is 1. The van der Waals surface area contributed by atoms with Crippen molar-refractivity contribution >= 4 is 5.82 Å². The molecule has 1 saturated carbocycles. The molecule has 0 aliphatic heterocycles. The highest BCUT2D eigenvalue weighted by Crippen LogP contribution is 2.38. The minimum absolute atomic E-state index is 0.521. The van der Waals surface area contributed by atoms with Gasteiger partial charge in [-0.25, -0.2) is 15.0 Å². The molecule has 2 aromatic rings. The summed E-state index contributed by atoms with van der Waals surface area (Å²) in [7, 11) is 1.99. The third kappa shape index (κ3) is 1.96. The first-order valence-corrected chi connectivity index (χ1v) is 6.24. The monoisotopic (exact) mass is 243 g/mol. The van der Waals surface area contributed by atoms with Crippen LogP contribution in [-0.2, 0) is 13.5 Å². The lowest BCUT2D eigenvalue weighted by atomic mass is 10.1. The predicted octanol–water partition coefficient (Wildman–Crippen LogP) is 1.57. The largest absolute Gasteiger partial charge is 0.383 e. The van der Waals surface area contributed by atoms with E-state index in [1.807, 2.05) is 24.7 Å². The summed E-state index contributed by atoms with van der Waals surface area (Å²) in [5.74, 6) is 3.03. The number of nitrogens with zero attached hydrogens (tertiary/aromatic N) is 4. The van der Waals surface area contributed by atoms with Crippen molar-refractivity contribution in [3.63, 3.8) is 0 Å². The Hall–Kier alpha value is -1.91. The van der Waals surface area contributed by atoms with Crippen molar-refractivity contribution < 1.29 is 0 Å². The van der Waals surface area contributed by atoms with Gasteiger partial charge >= 0.3 is 0 Å². The van der Waals surface area contributed by atoms with Gasteiger partial charge in [0.05, 0.1) is 5.69 Å². The van der Waals surface area contributed by atoms with E-state index in [1.54, 1.807) is 6.20 Å². The molecule has 0 amide bonds. The van der Waals surface area contributed by atoms with Crippen molar-refractivity contribution in [3.05, 3.63) is 35.3 Å². The zero-order chi connectivity index (χ0) is 12.7. The number of nitrogen functional groups attached to an aromatic ring is 1. The summed E-state index contributed by atoms with van der Waals surface area (Å²) in [6.45, 7) is 1.98. The first-order valence-electron chi connectivity index (χ1n) is 6.24. The number of anilines is 1. The molecule has 18 heavy (non-hydrogen) atoms. The van der Waals surface area contributed by atoms with Crippen LogP contribution in [0.4, 0.5) is 5.82 Å². The zero-order valence-electron chi connectivity index (χ0n) is 10.7. The van der Waals surface area contributed by atoms with Crippen LogP contribution in [0.3, 0.4) is 0 Å². The van der Waals surface area contributed by atoms with Crippen LogP contribution in [0.2, 0.25) is 0 Å². The van der Waals surface area contributed by atoms with Gasteiger partial charge in [-0.2, -0.15) is 0 Å². The van der Waals surface area contributed by atoms with Gasteiger partial charge in [0.1, 0.15) is 17.5 Å². The molecule has 3 rings (SSSR count). The van der Waals surface area contributed by atoms with Gasteiger partial charge in [0.2, 0.25) is 0 Å². The normalized spacial score (nSPS) is 15.0. The topological polar surface area (TPSA) is 69.6 Å². The smallest absolute Gasteiger partial charge is 0.134 e. The fourth-order valence-electron chi connectivity index (χ4n) is 2.02. The maximum atomic E-state index is 5.98. The highest BCUT2D eigenvalue weighted by molar-refractivity contribution is 5.42. The Balaban J connectivity index is 1.97. The number of aromatic nitrogens is 4. The summed E-state index contributed by atoms with van der Waals surface area (Å²) in [6, 6.07) is 0. The summed E-state index contributed by atoms with van der Waals surface area (Å²) in [4.78, 5) is 13.4. The van der Waals surface area contributed by atoms with E-state index in [4.69, 9.17) is 5.73 Å². The van der Waals surface area contributed by atoms with Crippen LogP contribution >= 0.6 is 0 Å². The van der Waals surface area contributed by atoms with Crippen molar-refractivity contribution in [1.29, 1.82) is 0 Å². The Labute approximate surface area is 106 Å². The van der Waals surface area contributed by atoms with Crippen LogP contribution in [0.15, 0.2) is 12.4 Å². The van der Waals surface area contributed by atoms with Gasteiger partial charge in [-0.05, 0) is 19.8 Å². The van der Waals surface area contributed by atoms with Crippen LogP contribution in [0.1, 0.15) is 41.7 Å². The minimum atomic E-state index is 0.521. The van der Waals surface area contributed by atoms with Crippen LogP contribution in [0, 0.1) is 6.92 Å². The van der Waals surface area contributed by atoms with Gasteiger partial charge in [-0.3, -0.25) is 0 Å². The van der Waals surface area contributed by atoms with E-state index in [-0.39, 0.29) is 0 Å². The lowest BCUT2D eigenvalue weighted by Crippen LogP contribution is -2.09. The fraction of sp³-hybridized carbons (Fsp3) is 0.462. The highest BCUT2D eigenvalue weighted by Gasteiger charge is 2.27. The second-order valence-electron chi connectivity index (χ2n) is 4.94. The Morgan fingerprint density at radius 3 is 2.78 bits per heavy atom. The fourth-order valence-corrected chi connectivity index (χ4v) is 2.02. The van der Waals surface area contributed by atoms with Crippen molar-refractivity contribution in [2.24, 2.45) is 7.05 Å². The first kappa shape index (κ1) is 11.2. The van der Waals surface area contributed by atoms with E-state index in [1.165, 1.54) is 12.8 Å². The van der Waals surface area contributed by atoms with Gasteiger partial charge in [0.15, 0.2) is 0 Å². The van der Waals surface area contributed by atoms with Crippen LogP contribution in [-0.4, -0.2) is 19.5 Å². The Kier molecular flexibility index (Phi) is 2.54. The summed E-state index contributed by atoms with van der Waals surface area (Å²) in [6.07, 6.45) is 6.82. The maximum Gasteiger partial charge on any atom is 0.134 e. The van der Waals surface area contributed by atoms with Crippen molar-refractivity contribution in [1.82, 2.24) is 19.5 Å². The Bertz CT molecular complexity index is 583. The zero-order valence-corrected chi connectivity index (χ0v) is 10.7. The number of hydrogen-bond donors (Lipinski definition) is 1. The second kappa shape index (κ2) is 4.08. The van der Waals surface area contributed by atoms with Gasteiger partial charge in [-0.15, -0.1) is 0 Å². The molecule has 0 bridgehead atoms. The summed E-state index contributed by atoms with van der Waals surface area (Å²) in [5.41, 5.74) is 7.95. The lowest BCUT2D eigenvalue weighted by Gasteiger charge is -2.09. The molecule has 5 nitrogen and oxygen atoms in total. The van der Waals surface area contributed by atoms with Crippen LogP contribution in [0.25, 0.3) is 0 Å². The molecule has 1 fully saturated rings. The molecule has 94 valence electrons. The molecule has 0 radical (unpaired) electrons. The van der Waals surface area contributed by atoms with E-state index in [2.05, 4.69) is 15.0 Å². The van der Waals surface area contributed by atoms with Crippen molar-refractivity contribution in [3.8, 4) is 0 Å². The standard InChI is InChI=1S/C13H17N5/c1-8-10(7-11-15-5-6-18(11)2)16-13(9-3-4-9)17-12(8)14/h5-6,9H,3-4,7H2,1-2H3,(H2,14,16,17). The van der Waals surface area contributed by atoms with Crippen LogP contribution in [0.5, 0.6) is 0 Å². The Morgan fingerprint density at radius 2 is 2.17 bits per heavy atom. The maximum absolute atomic E-state index is 5.98. The Morgan fingerprint density at radius 1 is 1.39 bits per heavy atom. The quantitative estimate of drug-likeness (QED) is 0.888. The first-order chi connectivity index (χ1) is 8.65. The number of imidazole rings is 1. The average molecular weight is 243 g/mol. The van der Waals surface area contributed by atoms with Crippen molar-refractivity contribution in [2.45, 2.75) is 32.1 Å². The molecule has 2 N–H and O–H groups in total. The van der Waals surface area contributed by atoms with Gasteiger partial charge < -0.3 is 10.3 Å². The summed E-state index contributed by atoms with van der Waals surface area (Å²) < 4.78 is 2.01. The van der Waals surface area contributed by atoms with Gasteiger partial charge in [0.25, 0.3) is 0 Å². The highest BCUT2D eigenvalue weighted by atomic mass is 15.0. The van der Waals surface area contributed by atoms with E-state index in [0.717, 1.165) is 22.9 Å². The molecule has 0 saturated heterocycles. The molecule has 5 heteroatoms. The second-order valence-corrected chi connectivity index (χ2v) is 4.94. The predicted molar refractivity (Wildman–Crippen MR) is 69.2 cm³/mol. The molecule has 2 aromatic heterocycles. The SMILES string of the molecule is Cc1c(N)nc(C2CC2)nc1Cc1nccn1C. The lowest BCUT2D eigenvalue weighted by molar-refractivity contribution is 0.793. The van der Waals surface area contributed by atoms with E-state index in [0.29, 0.717) is 18.2 Å². The number of rotatable bonds is 3. The average Bonchev–Trinajstić information content (AvgIpc) is 3.11. The molecular formula is C13H17N5. The molecule has 0 atom stereocenters. The van der Waals surface area contributed by atoms with Crippen LogP contribution < -0.4 is 5.73 Å². The molecular weight excluding hydrogens is 226 g/mol. The molecule has 0 unspecified atom stereocenters. The molecule has 2 heterocycles. The molecule has 0 spiro atoms. The van der Waals surface area contributed by atoms with Gasteiger partial charge in [-0.1, -0.05) is 0 Å². The van der Waals surface area contributed by atoms with E-state index < -0.39 is 0 Å². The molecule has 0 aromatic carbocycles. The third-order valence-electron chi connectivity index (χ3n) is 3.49. The molecule has 1 aliphatic carbocycles. The van der Waals surface area contributed by atoms with E-state index >= 15 is 0 Å². The van der Waals surface area contributed by atoms with E-state index in [9.17, 15) is 0 Å². The van der Waals surface area contributed by atoms with Crippen molar-refractivity contribution in [2.75, 3.05) is 5.73 Å². The molecule has 1 aliphatic rings. The number of hydrogen-bond acceptors (Lipinski definition) is 4. The minimum Gasteiger partial charge on any atom is -0.383 e. The summed E-state index contributed by atoms with van der Waals surface area (Å²) >= 11 is 0. The number of aryl methyl sites for hydroxylation is 1. The third-order valence-corrected chi connectivity index (χ3v) is 3.49. The summed E-state index contributed by atoms with van der Waals surface area (Å²) in [5, 5.41) is 0.